The molecule has 0 heterocycles. The van der Waals surface area contributed by atoms with Gasteiger partial charge in [0.05, 0.1) is 19.8 Å². The van der Waals surface area contributed by atoms with Crippen molar-refractivity contribution in [2.45, 2.75) is 19.8 Å². The van der Waals surface area contributed by atoms with E-state index in [0.717, 1.165) is 24.2 Å². The molecule has 0 saturated carbocycles. The Bertz CT molecular complexity index is 519. The highest BCUT2D eigenvalue weighted by Gasteiger charge is 2.00. The van der Waals surface area contributed by atoms with E-state index in [-0.39, 0.29) is 0 Å². The summed E-state index contributed by atoms with van der Waals surface area (Å²) in [5, 5.41) is 2.34. The van der Waals surface area contributed by atoms with Gasteiger partial charge in [-0.3, -0.25) is 0 Å². The molecule has 0 atom stereocenters. The zero-order chi connectivity index (χ0) is 14.8. The second-order valence-corrected chi connectivity index (χ2v) is 4.90. The van der Waals surface area contributed by atoms with E-state index in [4.69, 9.17) is 14.2 Å². The predicted octanol–water partition coefficient (Wildman–Crippen LogP) is 4.05. The second kappa shape index (κ2) is 9.37. The molecule has 114 valence electrons. The molecule has 0 amide bonds. The van der Waals surface area contributed by atoms with E-state index in [2.05, 4.69) is 25.1 Å². The largest absolute Gasteiger partial charge is 0.491 e. The summed E-state index contributed by atoms with van der Waals surface area (Å²) >= 11 is 0. The standard InChI is InChI=1S/C18H24O3/c1-2-3-11-19-12-13-20-14-15-21-18-10-6-8-16-7-4-5-9-17(16)18/h4-10H,2-3,11-15H2,1H3. The number of hydrogen-bond donors (Lipinski definition) is 0. The molecule has 0 N–H and O–H groups in total. The first kappa shape index (κ1) is 15.8. The lowest BCUT2D eigenvalue weighted by Gasteiger charge is -2.10. The molecule has 0 radical (unpaired) electrons. The van der Waals surface area contributed by atoms with E-state index in [1.54, 1.807) is 0 Å². The van der Waals surface area contributed by atoms with E-state index >= 15 is 0 Å². The van der Waals surface area contributed by atoms with Crippen LogP contribution < -0.4 is 4.74 Å². The summed E-state index contributed by atoms with van der Waals surface area (Å²) in [6, 6.07) is 14.3. The summed E-state index contributed by atoms with van der Waals surface area (Å²) in [5.41, 5.74) is 0. The van der Waals surface area contributed by atoms with E-state index in [0.29, 0.717) is 26.4 Å². The Kier molecular flexibility index (Phi) is 7.05. The number of rotatable bonds is 10. The zero-order valence-corrected chi connectivity index (χ0v) is 12.7. The van der Waals surface area contributed by atoms with Gasteiger partial charge in [0, 0.05) is 12.0 Å². The number of hydrogen-bond acceptors (Lipinski definition) is 3. The zero-order valence-electron chi connectivity index (χ0n) is 12.7. The molecule has 2 aromatic rings. The molecule has 21 heavy (non-hydrogen) atoms. The van der Waals surface area contributed by atoms with Crippen LogP contribution in [0.5, 0.6) is 5.75 Å². The third kappa shape index (κ3) is 5.37. The first-order valence-corrected chi connectivity index (χ1v) is 7.68. The maximum Gasteiger partial charge on any atom is 0.127 e. The van der Waals surface area contributed by atoms with Gasteiger partial charge in [-0.05, 0) is 17.9 Å². The van der Waals surface area contributed by atoms with Crippen molar-refractivity contribution in [3.8, 4) is 5.75 Å². The average molecular weight is 288 g/mol. The summed E-state index contributed by atoms with van der Waals surface area (Å²) < 4.78 is 16.7. The van der Waals surface area contributed by atoms with Crippen LogP contribution in [0.25, 0.3) is 10.8 Å². The van der Waals surface area contributed by atoms with Gasteiger partial charge in [-0.15, -0.1) is 0 Å². The highest BCUT2D eigenvalue weighted by molar-refractivity contribution is 5.88. The first-order chi connectivity index (χ1) is 10.4. The number of unbranched alkanes of at least 4 members (excludes halogenated alkanes) is 1. The fourth-order valence-corrected chi connectivity index (χ4v) is 2.10. The minimum Gasteiger partial charge on any atom is -0.491 e. The molecule has 2 rings (SSSR count). The molecule has 0 aromatic heterocycles. The molecule has 0 spiro atoms. The fraction of sp³-hybridized carbons (Fsp3) is 0.444. The molecule has 0 bridgehead atoms. The average Bonchev–Trinajstić information content (AvgIpc) is 2.53. The molecule has 0 unspecified atom stereocenters. The molecule has 0 fully saturated rings. The van der Waals surface area contributed by atoms with Gasteiger partial charge < -0.3 is 14.2 Å². The Morgan fingerprint density at radius 3 is 2.33 bits per heavy atom. The summed E-state index contributed by atoms with van der Waals surface area (Å²) in [4.78, 5) is 0. The van der Waals surface area contributed by atoms with E-state index in [1.807, 2.05) is 24.3 Å². The minimum absolute atomic E-state index is 0.558. The smallest absolute Gasteiger partial charge is 0.127 e. The highest BCUT2D eigenvalue weighted by Crippen LogP contribution is 2.24. The van der Waals surface area contributed by atoms with Crippen molar-refractivity contribution >= 4 is 10.8 Å². The minimum atomic E-state index is 0.558. The fourth-order valence-electron chi connectivity index (χ4n) is 2.10. The van der Waals surface area contributed by atoms with Crippen LogP contribution in [-0.2, 0) is 9.47 Å². The summed E-state index contributed by atoms with van der Waals surface area (Å²) in [5.74, 6) is 0.913. The van der Waals surface area contributed by atoms with Crippen molar-refractivity contribution in [3.05, 3.63) is 42.5 Å². The van der Waals surface area contributed by atoms with Crippen molar-refractivity contribution in [1.82, 2.24) is 0 Å². The molecular weight excluding hydrogens is 264 g/mol. The normalized spacial score (nSPS) is 10.9. The third-order valence-electron chi connectivity index (χ3n) is 3.25. The predicted molar refractivity (Wildman–Crippen MR) is 86.0 cm³/mol. The van der Waals surface area contributed by atoms with Crippen LogP contribution in [0, 0.1) is 0 Å². The third-order valence-corrected chi connectivity index (χ3v) is 3.25. The van der Waals surface area contributed by atoms with Gasteiger partial charge in [0.15, 0.2) is 0 Å². The van der Waals surface area contributed by atoms with Gasteiger partial charge in [0.2, 0.25) is 0 Å². The molecule has 2 aromatic carbocycles. The van der Waals surface area contributed by atoms with E-state index in [9.17, 15) is 0 Å². The van der Waals surface area contributed by atoms with Gasteiger partial charge in [-0.25, -0.2) is 0 Å². The van der Waals surface area contributed by atoms with Crippen LogP contribution in [0.2, 0.25) is 0 Å². The molecule has 3 heteroatoms. The van der Waals surface area contributed by atoms with Gasteiger partial charge in [-0.1, -0.05) is 49.7 Å². The highest BCUT2D eigenvalue weighted by atomic mass is 16.5. The van der Waals surface area contributed by atoms with Crippen molar-refractivity contribution < 1.29 is 14.2 Å². The number of benzene rings is 2. The topological polar surface area (TPSA) is 27.7 Å². The monoisotopic (exact) mass is 288 g/mol. The molecule has 0 saturated heterocycles. The Balaban J connectivity index is 1.64. The van der Waals surface area contributed by atoms with Crippen molar-refractivity contribution in [2.24, 2.45) is 0 Å². The van der Waals surface area contributed by atoms with Crippen molar-refractivity contribution in [1.29, 1.82) is 0 Å². The van der Waals surface area contributed by atoms with Crippen LogP contribution in [0.1, 0.15) is 19.8 Å². The Morgan fingerprint density at radius 1 is 0.762 bits per heavy atom. The Hall–Kier alpha value is -1.58. The molecular formula is C18H24O3. The van der Waals surface area contributed by atoms with Gasteiger partial charge in [-0.2, -0.15) is 0 Å². The maximum atomic E-state index is 5.80. The first-order valence-electron chi connectivity index (χ1n) is 7.68. The number of ether oxygens (including phenoxy) is 3. The van der Waals surface area contributed by atoms with E-state index < -0.39 is 0 Å². The molecule has 0 aliphatic rings. The SMILES string of the molecule is CCCCOCCOCCOc1cccc2ccccc12. The van der Waals surface area contributed by atoms with Crippen molar-refractivity contribution in [2.75, 3.05) is 33.0 Å². The van der Waals surface area contributed by atoms with Crippen LogP contribution >= 0.6 is 0 Å². The maximum absolute atomic E-state index is 5.80. The lowest BCUT2D eigenvalue weighted by Crippen LogP contribution is -2.11. The van der Waals surface area contributed by atoms with Crippen molar-refractivity contribution in [3.63, 3.8) is 0 Å². The van der Waals surface area contributed by atoms with Gasteiger partial charge >= 0.3 is 0 Å². The summed E-state index contributed by atoms with van der Waals surface area (Å²) in [7, 11) is 0. The molecule has 0 aliphatic carbocycles. The van der Waals surface area contributed by atoms with E-state index in [1.165, 1.54) is 11.8 Å². The van der Waals surface area contributed by atoms with Gasteiger partial charge in [0.25, 0.3) is 0 Å². The Labute approximate surface area is 126 Å². The quantitative estimate of drug-likeness (QED) is 0.617. The van der Waals surface area contributed by atoms with Gasteiger partial charge in [0.1, 0.15) is 12.4 Å². The van der Waals surface area contributed by atoms with Crippen LogP contribution in [-0.4, -0.2) is 33.0 Å². The number of fused-ring (bicyclic) bond motifs is 1. The van der Waals surface area contributed by atoms with Crippen LogP contribution in [0.15, 0.2) is 42.5 Å². The van der Waals surface area contributed by atoms with Crippen LogP contribution in [0.4, 0.5) is 0 Å². The molecule has 3 nitrogen and oxygen atoms in total. The van der Waals surface area contributed by atoms with Crippen LogP contribution in [0.3, 0.4) is 0 Å². The molecule has 0 aliphatic heterocycles. The second-order valence-electron chi connectivity index (χ2n) is 4.90. The summed E-state index contributed by atoms with van der Waals surface area (Å²) in [6.45, 7) is 5.41. The lowest BCUT2D eigenvalue weighted by molar-refractivity contribution is 0.0357. The summed E-state index contributed by atoms with van der Waals surface area (Å²) in [6.07, 6.45) is 2.28. The lowest BCUT2D eigenvalue weighted by atomic mass is 10.1. The Morgan fingerprint density at radius 2 is 1.48 bits per heavy atom.